The Morgan fingerprint density at radius 3 is 2.00 bits per heavy atom. The summed E-state index contributed by atoms with van der Waals surface area (Å²) in [5.41, 5.74) is 3.90. The van der Waals surface area contributed by atoms with Crippen LogP contribution in [-0.4, -0.2) is 11.0 Å². The van der Waals surface area contributed by atoms with Gasteiger partial charge in [0, 0.05) is 16.7 Å². The number of carbonyl (C=O) groups is 2. The molecule has 3 heteroatoms. The summed E-state index contributed by atoms with van der Waals surface area (Å²) >= 11 is 5.64. The summed E-state index contributed by atoms with van der Waals surface area (Å²) in [5.74, 6) is -0.0835. The maximum Gasteiger partial charge on any atom is 0.252 e. The molecule has 102 valence electrons. The van der Waals surface area contributed by atoms with E-state index in [-0.39, 0.29) is 5.78 Å². The minimum Gasteiger partial charge on any atom is -0.289 e. The van der Waals surface area contributed by atoms with E-state index in [2.05, 4.69) is 0 Å². The number of halogens is 1. The maximum atomic E-state index is 12.6. The van der Waals surface area contributed by atoms with Crippen LogP contribution >= 0.6 is 11.6 Å². The average Bonchev–Trinajstić information content (AvgIpc) is 2.38. The quantitative estimate of drug-likeness (QED) is 0.625. The fourth-order valence-corrected chi connectivity index (χ4v) is 2.86. The van der Waals surface area contributed by atoms with Crippen LogP contribution in [0.5, 0.6) is 0 Å². The highest BCUT2D eigenvalue weighted by molar-refractivity contribution is 6.68. The second-order valence-corrected chi connectivity index (χ2v) is 5.20. The highest BCUT2D eigenvalue weighted by Gasteiger charge is 2.20. The predicted molar refractivity (Wildman–Crippen MR) is 80.7 cm³/mol. The summed E-state index contributed by atoms with van der Waals surface area (Å²) in [5, 5.41) is -0.526. The topological polar surface area (TPSA) is 34.1 Å². The minimum atomic E-state index is -0.526. The van der Waals surface area contributed by atoms with Gasteiger partial charge in [-0.2, -0.15) is 0 Å². The molecule has 0 saturated carbocycles. The number of ketones is 1. The van der Waals surface area contributed by atoms with Gasteiger partial charge in [0.05, 0.1) is 0 Å². The van der Waals surface area contributed by atoms with Gasteiger partial charge in [-0.1, -0.05) is 36.4 Å². The number of benzene rings is 2. The monoisotopic (exact) mass is 286 g/mol. The molecule has 2 aromatic carbocycles. The van der Waals surface area contributed by atoms with Crippen molar-refractivity contribution >= 4 is 22.6 Å². The molecule has 0 aromatic heterocycles. The van der Waals surface area contributed by atoms with Crippen LogP contribution in [0.4, 0.5) is 0 Å². The smallest absolute Gasteiger partial charge is 0.252 e. The van der Waals surface area contributed by atoms with Crippen LogP contribution in [0.3, 0.4) is 0 Å². The Balaban J connectivity index is 2.66. The fraction of sp³-hybridized carbons (Fsp3) is 0.176. The van der Waals surface area contributed by atoms with Crippen molar-refractivity contribution in [2.45, 2.75) is 20.8 Å². The molecule has 0 aliphatic carbocycles. The predicted octanol–water partition coefficient (Wildman–Crippen LogP) is 4.22. The Hall–Kier alpha value is -1.93. The molecular weight excluding hydrogens is 272 g/mol. The van der Waals surface area contributed by atoms with Gasteiger partial charge in [0.25, 0.3) is 5.24 Å². The van der Waals surface area contributed by atoms with Gasteiger partial charge in [-0.25, -0.2) is 0 Å². The lowest BCUT2D eigenvalue weighted by molar-refractivity contribution is 0.103. The van der Waals surface area contributed by atoms with Crippen molar-refractivity contribution < 1.29 is 9.59 Å². The first-order chi connectivity index (χ1) is 9.43. The van der Waals surface area contributed by atoms with E-state index in [1.54, 1.807) is 19.1 Å². The van der Waals surface area contributed by atoms with E-state index in [0.717, 1.165) is 11.1 Å². The minimum absolute atomic E-state index is 0.0835. The van der Waals surface area contributed by atoms with E-state index in [9.17, 15) is 9.59 Å². The molecule has 0 atom stereocenters. The summed E-state index contributed by atoms with van der Waals surface area (Å²) in [4.78, 5) is 24.2. The molecule has 0 aliphatic heterocycles. The number of hydrogen-bond donors (Lipinski definition) is 0. The van der Waals surface area contributed by atoms with Gasteiger partial charge in [-0.15, -0.1) is 0 Å². The molecule has 2 nitrogen and oxygen atoms in total. The molecule has 0 spiro atoms. The molecule has 0 saturated heterocycles. The van der Waals surface area contributed by atoms with Crippen LogP contribution in [-0.2, 0) is 0 Å². The summed E-state index contributed by atoms with van der Waals surface area (Å²) in [6.45, 7) is 5.47. The third-order valence-electron chi connectivity index (χ3n) is 3.43. The summed E-state index contributed by atoms with van der Waals surface area (Å²) in [7, 11) is 0. The van der Waals surface area contributed by atoms with E-state index in [1.165, 1.54) is 0 Å². The number of aryl methyl sites for hydroxylation is 2. The standard InChI is InChI=1S/C17H15ClO2/c1-10-9-11(2)15(17(18)20)12(3)14(10)16(19)13-7-5-4-6-8-13/h4-9H,1-3H3. The van der Waals surface area contributed by atoms with Crippen molar-refractivity contribution in [2.75, 3.05) is 0 Å². The average molecular weight is 287 g/mol. The second kappa shape index (κ2) is 5.59. The highest BCUT2D eigenvalue weighted by Crippen LogP contribution is 2.26. The molecule has 0 fully saturated rings. The Morgan fingerprint density at radius 1 is 0.900 bits per heavy atom. The van der Waals surface area contributed by atoms with Gasteiger partial charge in [0.2, 0.25) is 0 Å². The first-order valence-electron chi connectivity index (χ1n) is 6.34. The third kappa shape index (κ3) is 2.52. The summed E-state index contributed by atoms with van der Waals surface area (Å²) < 4.78 is 0. The van der Waals surface area contributed by atoms with Gasteiger partial charge in [0.1, 0.15) is 0 Å². The lowest BCUT2D eigenvalue weighted by Gasteiger charge is -2.14. The molecule has 20 heavy (non-hydrogen) atoms. The second-order valence-electron chi connectivity index (χ2n) is 4.85. The maximum absolute atomic E-state index is 12.6. The largest absolute Gasteiger partial charge is 0.289 e. The van der Waals surface area contributed by atoms with Crippen molar-refractivity contribution in [2.24, 2.45) is 0 Å². The van der Waals surface area contributed by atoms with Crippen LogP contribution in [0.15, 0.2) is 36.4 Å². The molecule has 0 aliphatic rings. The SMILES string of the molecule is Cc1cc(C)c(C(=O)c2ccccc2)c(C)c1C(=O)Cl. The van der Waals surface area contributed by atoms with Gasteiger partial charge in [0.15, 0.2) is 5.78 Å². The van der Waals surface area contributed by atoms with Crippen LogP contribution < -0.4 is 0 Å². The lowest BCUT2D eigenvalue weighted by Crippen LogP contribution is -2.11. The molecule has 0 radical (unpaired) electrons. The van der Waals surface area contributed by atoms with Crippen molar-refractivity contribution in [3.63, 3.8) is 0 Å². The molecule has 0 bridgehead atoms. The Labute approximate surface area is 123 Å². The molecule has 2 aromatic rings. The Morgan fingerprint density at radius 2 is 1.45 bits per heavy atom. The summed E-state index contributed by atoms with van der Waals surface area (Å²) in [6.07, 6.45) is 0. The Kier molecular flexibility index (Phi) is 4.05. The number of hydrogen-bond acceptors (Lipinski definition) is 2. The van der Waals surface area contributed by atoms with E-state index < -0.39 is 5.24 Å². The van der Waals surface area contributed by atoms with Gasteiger partial charge >= 0.3 is 0 Å². The van der Waals surface area contributed by atoms with E-state index >= 15 is 0 Å². The van der Waals surface area contributed by atoms with Crippen LogP contribution in [0, 0.1) is 20.8 Å². The molecule has 0 N–H and O–H groups in total. The van der Waals surface area contributed by atoms with E-state index in [1.807, 2.05) is 38.1 Å². The number of carbonyl (C=O) groups excluding carboxylic acids is 2. The third-order valence-corrected chi connectivity index (χ3v) is 3.62. The van der Waals surface area contributed by atoms with Crippen LogP contribution in [0.25, 0.3) is 0 Å². The van der Waals surface area contributed by atoms with Gasteiger partial charge in [-0.3, -0.25) is 9.59 Å². The van der Waals surface area contributed by atoms with E-state index in [4.69, 9.17) is 11.6 Å². The first kappa shape index (κ1) is 14.5. The zero-order valence-electron chi connectivity index (χ0n) is 11.7. The highest BCUT2D eigenvalue weighted by atomic mass is 35.5. The first-order valence-corrected chi connectivity index (χ1v) is 6.71. The van der Waals surface area contributed by atoms with Crippen LogP contribution in [0.2, 0.25) is 0 Å². The normalized spacial score (nSPS) is 10.4. The molecule has 0 heterocycles. The van der Waals surface area contributed by atoms with E-state index in [0.29, 0.717) is 22.3 Å². The molecule has 0 unspecified atom stereocenters. The van der Waals surface area contributed by atoms with Crippen molar-refractivity contribution in [3.8, 4) is 0 Å². The fourth-order valence-electron chi connectivity index (χ4n) is 2.57. The van der Waals surface area contributed by atoms with Gasteiger partial charge in [-0.05, 0) is 49.1 Å². The van der Waals surface area contributed by atoms with Crippen molar-refractivity contribution in [3.05, 3.63) is 69.8 Å². The molecule has 2 rings (SSSR count). The zero-order chi connectivity index (χ0) is 14.9. The van der Waals surface area contributed by atoms with Crippen molar-refractivity contribution in [1.29, 1.82) is 0 Å². The lowest BCUT2D eigenvalue weighted by atomic mass is 9.89. The summed E-state index contributed by atoms with van der Waals surface area (Å²) in [6, 6.07) is 10.9. The number of rotatable bonds is 3. The Bertz CT molecular complexity index is 688. The molecule has 0 amide bonds. The van der Waals surface area contributed by atoms with Crippen molar-refractivity contribution in [1.82, 2.24) is 0 Å². The van der Waals surface area contributed by atoms with Crippen LogP contribution in [0.1, 0.15) is 43.0 Å². The van der Waals surface area contributed by atoms with Gasteiger partial charge < -0.3 is 0 Å². The zero-order valence-corrected chi connectivity index (χ0v) is 12.4. The molecular formula is C17H15ClO2.